The molecule has 1 N–H and O–H groups in total. The van der Waals surface area contributed by atoms with Gasteiger partial charge in [0.1, 0.15) is 0 Å². The summed E-state index contributed by atoms with van der Waals surface area (Å²) < 4.78 is 0. The highest BCUT2D eigenvalue weighted by molar-refractivity contribution is 5.80. The van der Waals surface area contributed by atoms with Crippen molar-refractivity contribution in [2.24, 2.45) is 0 Å². The summed E-state index contributed by atoms with van der Waals surface area (Å²) in [6.45, 7) is 8.04. The normalized spacial score (nSPS) is 9.54. The van der Waals surface area contributed by atoms with Crippen molar-refractivity contribution < 1.29 is 0 Å². The van der Waals surface area contributed by atoms with Gasteiger partial charge in [0.25, 0.3) is 0 Å². The number of nitrogens with zero attached hydrogens (tertiary/aromatic N) is 2. The van der Waals surface area contributed by atoms with Crippen LogP contribution >= 0.6 is 0 Å². The molecule has 2 aromatic rings. The fourth-order valence-corrected chi connectivity index (χ4v) is 1.14. The number of aryl methyl sites for hydroxylation is 2. The summed E-state index contributed by atoms with van der Waals surface area (Å²) in [5, 5.41) is 7.95. The Kier molecular flexibility index (Phi) is 3.01. The van der Waals surface area contributed by atoms with Crippen LogP contribution in [0.3, 0.4) is 0 Å². The Balaban J connectivity index is 0.000000396. The van der Waals surface area contributed by atoms with Gasteiger partial charge >= 0.3 is 0 Å². The highest BCUT2D eigenvalue weighted by Crippen LogP contribution is 2.15. The molecule has 0 aliphatic rings. The monoisotopic (exact) mass is 177 g/mol. The van der Waals surface area contributed by atoms with E-state index in [4.69, 9.17) is 0 Å². The first-order chi connectivity index (χ1) is 6.29. The molecule has 13 heavy (non-hydrogen) atoms. The Morgan fingerprint density at radius 1 is 1.15 bits per heavy atom. The highest BCUT2D eigenvalue weighted by atomic mass is 15.1. The fraction of sp³-hybridized carbons (Fsp3) is 0.400. The van der Waals surface area contributed by atoms with Crippen LogP contribution in [0, 0.1) is 13.8 Å². The number of fused-ring (bicyclic) bond motifs is 1. The van der Waals surface area contributed by atoms with Crippen LogP contribution in [0.4, 0.5) is 0 Å². The van der Waals surface area contributed by atoms with E-state index in [-0.39, 0.29) is 0 Å². The second-order valence-corrected chi connectivity index (χ2v) is 2.67. The molecule has 3 heteroatoms. The van der Waals surface area contributed by atoms with E-state index in [1.54, 1.807) is 6.20 Å². The molecule has 70 valence electrons. The predicted molar refractivity (Wildman–Crippen MR) is 54.7 cm³/mol. The Hall–Kier alpha value is -1.38. The molecule has 0 atom stereocenters. The molecule has 2 aromatic heterocycles. The Labute approximate surface area is 78.2 Å². The average Bonchev–Trinajstić information content (AvgIpc) is 2.63. The van der Waals surface area contributed by atoms with Crippen molar-refractivity contribution in [3.8, 4) is 0 Å². The van der Waals surface area contributed by atoms with Gasteiger partial charge in [-0.2, -0.15) is 5.10 Å². The topological polar surface area (TPSA) is 41.6 Å². The lowest BCUT2D eigenvalue weighted by atomic mass is 10.2. The van der Waals surface area contributed by atoms with Crippen molar-refractivity contribution in [3.63, 3.8) is 0 Å². The van der Waals surface area contributed by atoms with Crippen LogP contribution in [0.1, 0.15) is 25.1 Å². The molecule has 0 radical (unpaired) electrons. The minimum Gasteiger partial charge on any atom is -0.277 e. The molecule has 0 aliphatic heterocycles. The van der Waals surface area contributed by atoms with Crippen LogP contribution in [-0.2, 0) is 0 Å². The summed E-state index contributed by atoms with van der Waals surface area (Å²) in [5.41, 5.74) is 3.33. The van der Waals surface area contributed by atoms with Crippen molar-refractivity contribution in [2.45, 2.75) is 27.7 Å². The lowest BCUT2D eigenvalue weighted by molar-refractivity contribution is 1.10. The first-order valence-corrected chi connectivity index (χ1v) is 4.54. The molecular weight excluding hydrogens is 162 g/mol. The maximum atomic E-state index is 4.22. The molecule has 0 aliphatic carbocycles. The molecule has 0 saturated heterocycles. The van der Waals surface area contributed by atoms with Crippen molar-refractivity contribution in [1.29, 1.82) is 0 Å². The molecule has 0 spiro atoms. The number of hydrogen-bond donors (Lipinski definition) is 1. The zero-order valence-corrected chi connectivity index (χ0v) is 8.55. The zero-order valence-electron chi connectivity index (χ0n) is 8.55. The molecule has 3 nitrogen and oxygen atoms in total. The van der Waals surface area contributed by atoms with E-state index >= 15 is 0 Å². The number of hydrogen-bond acceptors (Lipinski definition) is 2. The fourth-order valence-electron chi connectivity index (χ4n) is 1.14. The van der Waals surface area contributed by atoms with E-state index in [1.165, 1.54) is 5.56 Å². The van der Waals surface area contributed by atoms with Crippen LogP contribution in [0.2, 0.25) is 0 Å². The molecule has 0 bridgehead atoms. The maximum absolute atomic E-state index is 4.22. The lowest BCUT2D eigenvalue weighted by Crippen LogP contribution is -1.86. The second-order valence-electron chi connectivity index (χ2n) is 2.67. The quantitative estimate of drug-likeness (QED) is 0.672. The number of aromatic amines is 1. The van der Waals surface area contributed by atoms with Crippen LogP contribution in [0.5, 0.6) is 0 Å². The van der Waals surface area contributed by atoms with Crippen LogP contribution in [0.25, 0.3) is 10.9 Å². The lowest BCUT2D eigenvalue weighted by Gasteiger charge is -1.97. The minimum atomic E-state index is 1.06. The molecule has 2 rings (SSSR count). The first-order valence-electron chi connectivity index (χ1n) is 4.54. The highest BCUT2D eigenvalue weighted by Gasteiger charge is 2.01. The third-order valence-corrected chi connectivity index (χ3v) is 1.98. The van der Waals surface area contributed by atoms with Crippen molar-refractivity contribution in [1.82, 2.24) is 15.2 Å². The largest absolute Gasteiger partial charge is 0.277 e. The van der Waals surface area contributed by atoms with E-state index in [1.807, 2.05) is 33.9 Å². The average molecular weight is 177 g/mol. The number of H-pyrrole nitrogens is 1. The Bertz CT molecular complexity index is 390. The standard InChI is InChI=1S/C8H9N3.C2H6/c1-5-6(2)9-3-7-4-10-11-8(5)7;1-2/h3-4H,1-2H3,(H,10,11);1-2H3. The molecule has 0 fully saturated rings. The molecule has 0 aromatic carbocycles. The van der Waals surface area contributed by atoms with E-state index in [9.17, 15) is 0 Å². The summed E-state index contributed by atoms with van der Waals surface area (Å²) in [6, 6.07) is 0. The number of nitrogens with one attached hydrogen (secondary N) is 1. The summed E-state index contributed by atoms with van der Waals surface area (Å²) in [5.74, 6) is 0. The SMILES string of the molecule is CC.Cc1ncc2cn[nH]c2c1C. The van der Waals surface area contributed by atoms with Crippen molar-refractivity contribution >= 4 is 10.9 Å². The summed E-state index contributed by atoms with van der Waals surface area (Å²) >= 11 is 0. The Morgan fingerprint density at radius 2 is 1.85 bits per heavy atom. The van der Waals surface area contributed by atoms with Gasteiger partial charge in [-0.1, -0.05) is 13.8 Å². The van der Waals surface area contributed by atoms with Gasteiger partial charge in [-0.05, 0) is 19.4 Å². The van der Waals surface area contributed by atoms with E-state index < -0.39 is 0 Å². The molecular formula is C10H15N3. The molecule has 2 heterocycles. The van der Waals surface area contributed by atoms with Gasteiger partial charge in [0.2, 0.25) is 0 Å². The number of aromatic nitrogens is 3. The maximum Gasteiger partial charge on any atom is 0.0713 e. The molecule has 0 amide bonds. The summed E-state index contributed by atoms with van der Waals surface area (Å²) in [6.07, 6.45) is 3.62. The zero-order chi connectivity index (χ0) is 9.84. The van der Waals surface area contributed by atoms with Gasteiger partial charge in [-0.15, -0.1) is 0 Å². The molecule has 0 saturated carbocycles. The summed E-state index contributed by atoms with van der Waals surface area (Å²) in [7, 11) is 0. The summed E-state index contributed by atoms with van der Waals surface area (Å²) in [4.78, 5) is 4.22. The third kappa shape index (κ3) is 1.69. The first kappa shape index (κ1) is 9.71. The second kappa shape index (κ2) is 4.03. The van der Waals surface area contributed by atoms with Gasteiger partial charge in [0, 0.05) is 17.3 Å². The van der Waals surface area contributed by atoms with Gasteiger partial charge in [-0.3, -0.25) is 10.1 Å². The van der Waals surface area contributed by atoms with E-state index in [2.05, 4.69) is 15.2 Å². The van der Waals surface area contributed by atoms with Crippen molar-refractivity contribution in [2.75, 3.05) is 0 Å². The third-order valence-electron chi connectivity index (χ3n) is 1.98. The number of rotatable bonds is 0. The minimum absolute atomic E-state index is 1.06. The van der Waals surface area contributed by atoms with Crippen molar-refractivity contribution in [3.05, 3.63) is 23.7 Å². The smallest absolute Gasteiger partial charge is 0.0713 e. The van der Waals surface area contributed by atoms with E-state index in [0.717, 1.165) is 16.6 Å². The number of pyridine rings is 1. The predicted octanol–water partition coefficient (Wildman–Crippen LogP) is 2.60. The van der Waals surface area contributed by atoms with Crippen LogP contribution in [0.15, 0.2) is 12.4 Å². The van der Waals surface area contributed by atoms with Gasteiger partial charge in [0.15, 0.2) is 0 Å². The van der Waals surface area contributed by atoms with E-state index in [0.29, 0.717) is 0 Å². The molecule has 0 unspecified atom stereocenters. The van der Waals surface area contributed by atoms with Crippen LogP contribution < -0.4 is 0 Å². The Morgan fingerprint density at radius 3 is 2.54 bits per heavy atom. The van der Waals surface area contributed by atoms with Gasteiger partial charge < -0.3 is 0 Å². The van der Waals surface area contributed by atoms with Crippen LogP contribution in [-0.4, -0.2) is 15.2 Å². The van der Waals surface area contributed by atoms with Gasteiger partial charge in [0.05, 0.1) is 11.7 Å². The van der Waals surface area contributed by atoms with Gasteiger partial charge in [-0.25, -0.2) is 0 Å².